The molecule has 1 amide bonds. The predicted octanol–water partition coefficient (Wildman–Crippen LogP) is 4.64. The molecule has 144 valence electrons. The van der Waals surface area contributed by atoms with E-state index in [0.29, 0.717) is 17.1 Å². The molecule has 0 saturated carbocycles. The molecule has 3 aromatic rings. The molecule has 1 unspecified atom stereocenters. The quantitative estimate of drug-likeness (QED) is 0.287. The van der Waals surface area contributed by atoms with Crippen LogP contribution in [0.4, 0.5) is 5.69 Å². The zero-order chi connectivity index (χ0) is 20.8. The first kappa shape index (κ1) is 19.6. The highest BCUT2D eigenvalue weighted by atomic mass is 16.6. The van der Waals surface area contributed by atoms with Crippen LogP contribution < -0.4 is 5.32 Å². The van der Waals surface area contributed by atoms with Crippen molar-refractivity contribution >= 4 is 17.7 Å². The second kappa shape index (κ2) is 8.67. The molecular weight excluding hydrogens is 370 g/mol. The standard InChI is InChI=1S/C22H17N3O4/c1-15(16-6-3-2-4-7-16)24-22(26)18(14-23)13-20-10-11-21(29-20)17-8-5-9-19(12-17)25(27)28/h2-13,15H,1H3,(H,24,26)/b18-13+. The summed E-state index contributed by atoms with van der Waals surface area (Å²) in [7, 11) is 0. The fourth-order valence-corrected chi connectivity index (χ4v) is 2.75. The van der Waals surface area contributed by atoms with Crippen molar-refractivity contribution in [1.29, 1.82) is 5.26 Å². The maximum atomic E-state index is 12.4. The van der Waals surface area contributed by atoms with Gasteiger partial charge < -0.3 is 9.73 Å². The molecule has 1 aromatic heterocycles. The van der Waals surface area contributed by atoms with Gasteiger partial charge in [-0.05, 0) is 24.6 Å². The van der Waals surface area contributed by atoms with Crippen LogP contribution in [0.1, 0.15) is 24.3 Å². The Kier molecular flexibility index (Phi) is 5.85. The number of nitro groups is 1. The molecule has 7 heteroatoms. The van der Waals surface area contributed by atoms with Crippen molar-refractivity contribution in [2.24, 2.45) is 0 Å². The van der Waals surface area contributed by atoms with Gasteiger partial charge in [0.1, 0.15) is 23.2 Å². The van der Waals surface area contributed by atoms with Gasteiger partial charge in [-0.1, -0.05) is 42.5 Å². The van der Waals surface area contributed by atoms with E-state index < -0.39 is 10.8 Å². The van der Waals surface area contributed by atoms with Crippen molar-refractivity contribution in [2.75, 3.05) is 0 Å². The van der Waals surface area contributed by atoms with Crippen LogP contribution in [0.3, 0.4) is 0 Å². The number of nitriles is 1. The minimum atomic E-state index is -0.517. The summed E-state index contributed by atoms with van der Waals surface area (Å²) in [4.78, 5) is 22.9. The third-order valence-corrected chi connectivity index (χ3v) is 4.27. The molecule has 0 bridgehead atoms. The lowest BCUT2D eigenvalue weighted by atomic mass is 10.1. The number of benzene rings is 2. The minimum Gasteiger partial charge on any atom is -0.457 e. The number of nitrogens with zero attached hydrogens (tertiary/aromatic N) is 2. The lowest BCUT2D eigenvalue weighted by Gasteiger charge is -2.13. The fourth-order valence-electron chi connectivity index (χ4n) is 2.75. The normalized spacial score (nSPS) is 12.1. The van der Waals surface area contributed by atoms with E-state index in [4.69, 9.17) is 4.42 Å². The van der Waals surface area contributed by atoms with Gasteiger partial charge in [0.05, 0.1) is 11.0 Å². The van der Waals surface area contributed by atoms with Crippen molar-refractivity contribution in [3.63, 3.8) is 0 Å². The number of nitrogens with one attached hydrogen (secondary N) is 1. The summed E-state index contributed by atoms with van der Waals surface area (Å²) in [5, 5.41) is 23.1. The molecule has 29 heavy (non-hydrogen) atoms. The van der Waals surface area contributed by atoms with Gasteiger partial charge in [-0.25, -0.2) is 0 Å². The molecule has 1 N–H and O–H groups in total. The monoisotopic (exact) mass is 387 g/mol. The van der Waals surface area contributed by atoms with Gasteiger partial charge in [0.25, 0.3) is 11.6 Å². The van der Waals surface area contributed by atoms with Crippen LogP contribution in [0, 0.1) is 21.4 Å². The first-order valence-electron chi connectivity index (χ1n) is 8.80. The molecule has 0 fully saturated rings. The molecule has 1 heterocycles. The molecule has 0 saturated heterocycles. The molecular formula is C22H17N3O4. The largest absolute Gasteiger partial charge is 0.457 e. The van der Waals surface area contributed by atoms with Crippen molar-refractivity contribution in [3.05, 3.63) is 93.7 Å². The van der Waals surface area contributed by atoms with Crippen LogP contribution in [0.2, 0.25) is 0 Å². The number of carbonyl (C=O) groups excluding carboxylic acids is 1. The Labute approximate surface area is 167 Å². The molecule has 0 aliphatic carbocycles. The highest BCUT2D eigenvalue weighted by Crippen LogP contribution is 2.26. The Balaban J connectivity index is 1.78. The summed E-state index contributed by atoms with van der Waals surface area (Å²) >= 11 is 0. The number of carbonyl (C=O) groups is 1. The van der Waals surface area contributed by atoms with E-state index in [1.807, 2.05) is 43.3 Å². The summed E-state index contributed by atoms with van der Waals surface area (Å²) in [6, 6.07) is 20.3. The van der Waals surface area contributed by atoms with Gasteiger partial charge >= 0.3 is 0 Å². The van der Waals surface area contributed by atoms with Crippen LogP contribution >= 0.6 is 0 Å². The molecule has 0 spiro atoms. The van der Waals surface area contributed by atoms with Crippen molar-refractivity contribution < 1.29 is 14.1 Å². The first-order chi connectivity index (χ1) is 14.0. The fraction of sp³-hybridized carbons (Fsp3) is 0.0909. The highest BCUT2D eigenvalue weighted by molar-refractivity contribution is 6.01. The third kappa shape index (κ3) is 4.76. The maximum Gasteiger partial charge on any atom is 0.270 e. The van der Waals surface area contributed by atoms with E-state index in [1.165, 1.54) is 18.2 Å². The van der Waals surface area contributed by atoms with E-state index >= 15 is 0 Å². The van der Waals surface area contributed by atoms with E-state index in [9.17, 15) is 20.2 Å². The average molecular weight is 387 g/mol. The molecule has 2 aromatic carbocycles. The van der Waals surface area contributed by atoms with E-state index in [1.54, 1.807) is 24.3 Å². The zero-order valence-electron chi connectivity index (χ0n) is 15.5. The van der Waals surface area contributed by atoms with Crippen molar-refractivity contribution in [2.45, 2.75) is 13.0 Å². The Morgan fingerprint density at radius 1 is 1.17 bits per heavy atom. The number of hydrogen-bond donors (Lipinski definition) is 1. The van der Waals surface area contributed by atoms with Gasteiger partial charge in [-0.2, -0.15) is 5.26 Å². The molecule has 3 rings (SSSR count). The van der Waals surface area contributed by atoms with Gasteiger partial charge in [-0.3, -0.25) is 14.9 Å². The third-order valence-electron chi connectivity index (χ3n) is 4.27. The Bertz CT molecular complexity index is 1110. The summed E-state index contributed by atoms with van der Waals surface area (Å²) in [5.74, 6) is 0.179. The zero-order valence-corrected chi connectivity index (χ0v) is 15.5. The number of furan rings is 1. The van der Waals surface area contributed by atoms with Crippen LogP contribution in [0.5, 0.6) is 0 Å². The van der Waals surface area contributed by atoms with E-state index in [2.05, 4.69) is 5.32 Å². The lowest BCUT2D eigenvalue weighted by Crippen LogP contribution is -2.27. The maximum absolute atomic E-state index is 12.4. The van der Waals surface area contributed by atoms with Crippen LogP contribution in [0.25, 0.3) is 17.4 Å². The van der Waals surface area contributed by atoms with Gasteiger partial charge in [0, 0.05) is 23.8 Å². The predicted molar refractivity (Wildman–Crippen MR) is 107 cm³/mol. The summed E-state index contributed by atoms with van der Waals surface area (Å²) in [6.07, 6.45) is 1.34. The highest BCUT2D eigenvalue weighted by Gasteiger charge is 2.15. The molecule has 7 nitrogen and oxygen atoms in total. The van der Waals surface area contributed by atoms with Crippen LogP contribution in [-0.2, 0) is 4.79 Å². The van der Waals surface area contributed by atoms with Crippen LogP contribution in [-0.4, -0.2) is 10.8 Å². The van der Waals surface area contributed by atoms with Crippen LogP contribution in [0.15, 0.2) is 76.7 Å². The van der Waals surface area contributed by atoms with Crippen molar-refractivity contribution in [3.8, 4) is 17.4 Å². The SMILES string of the molecule is CC(NC(=O)/C(C#N)=C/c1ccc(-c2cccc([N+](=O)[O-])c2)o1)c1ccccc1. The number of non-ortho nitro benzene ring substituents is 1. The number of rotatable bonds is 6. The molecule has 0 radical (unpaired) electrons. The van der Waals surface area contributed by atoms with Gasteiger partial charge in [0.15, 0.2) is 0 Å². The first-order valence-corrected chi connectivity index (χ1v) is 8.80. The Morgan fingerprint density at radius 2 is 1.93 bits per heavy atom. The van der Waals surface area contributed by atoms with Crippen molar-refractivity contribution in [1.82, 2.24) is 5.32 Å². The summed E-state index contributed by atoms with van der Waals surface area (Å²) < 4.78 is 5.65. The summed E-state index contributed by atoms with van der Waals surface area (Å²) in [5.41, 5.74) is 1.29. The van der Waals surface area contributed by atoms with E-state index in [-0.39, 0.29) is 17.3 Å². The molecule has 0 aliphatic rings. The van der Waals surface area contributed by atoms with Gasteiger partial charge in [0.2, 0.25) is 0 Å². The number of nitro benzene ring substituents is 1. The summed E-state index contributed by atoms with van der Waals surface area (Å²) in [6.45, 7) is 1.83. The Morgan fingerprint density at radius 3 is 2.62 bits per heavy atom. The average Bonchev–Trinajstić information content (AvgIpc) is 3.21. The topological polar surface area (TPSA) is 109 Å². The second-order valence-corrected chi connectivity index (χ2v) is 6.29. The number of amides is 1. The molecule has 0 aliphatic heterocycles. The van der Waals surface area contributed by atoms with E-state index in [0.717, 1.165) is 5.56 Å². The lowest BCUT2D eigenvalue weighted by molar-refractivity contribution is -0.384. The van der Waals surface area contributed by atoms with Gasteiger partial charge in [-0.15, -0.1) is 0 Å². The molecule has 1 atom stereocenters. The number of hydrogen-bond acceptors (Lipinski definition) is 5. The minimum absolute atomic E-state index is 0.0528. The smallest absolute Gasteiger partial charge is 0.270 e. The second-order valence-electron chi connectivity index (χ2n) is 6.29. The Hall–Kier alpha value is -4.18.